The number of carbonyl (C=O) groups is 2. The Morgan fingerprint density at radius 3 is 2.70 bits per heavy atom. The van der Waals surface area contributed by atoms with Crippen molar-refractivity contribution in [2.75, 3.05) is 5.32 Å². The second-order valence-corrected chi connectivity index (χ2v) is 6.50. The van der Waals surface area contributed by atoms with Crippen LogP contribution in [0.15, 0.2) is 28.9 Å². The summed E-state index contributed by atoms with van der Waals surface area (Å²) < 4.78 is 10.4. The molecule has 23 heavy (non-hydrogen) atoms. The number of nitrogens with one attached hydrogen (secondary N) is 1. The normalized spacial score (nSPS) is 11.2. The third-order valence-electron chi connectivity index (χ3n) is 3.11. The van der Waals surface area contributed by atoms with Crippen molar-refractivity contribution in [1.82, 2.24) is 0 Å². The molecule has 0 bridgehead atoms. The number of furan rings is 1. The molecule has 0 aliphatic rings. The number of esters is 1. The Morgan fingerprint density at radius 1 is 1.35 bits per heavy atom. The molecule has 2 aromatic rings. The second-order valence-electron chi connectivity index (χ2n) is 5.28. The fraction of sp³-hybridized carbons (Fsp3) is 0.294. The van der Waals surface area contributed by atoms with Gasteiger partial charge in [0, 0.05) is 11.0 Å². The van der Waals surface area contributed by atoms with Crippen molar-refractivity contribution in [2.45, 2.75) is 33.8 Å². The Kier molecular flexibility index (Phi) is 5.39. The standard InChI is InChI=1S/C17H19NO4S/c1-10(2)22-17(20)15-11(3)12(4)23-16(15)18-14(19)8-7-13-6-5-9-21-13/h5-10H,1-4H3,(H,18,19)/b8-7+. The number of ether oxygens (including phenoxy) is 1. The summed E-state index contributed by atoms with van der Waals surface area (Å²) in [7, 11) is 0. The lowest BCUT2D eigenvalue weighted by Crippen LogP contribution is -2.15. The molecular formula is C17H19NO4S. The number of carbonyl (C=O) groups excluding carboxylic acids is 2. The molecule has 0 aliphatic heterocycles. The summed E-state index contributed by atoms with van der Waals surface area (Å²) in [6, 6.07) is 3.48. The Bertz CT molecular complexity index is 726. The van der Waals surface area contributed by atoms with Crippen molar-refractivity contribution < 1.29 is 18.7 Å². The predicted molar refractivity (Wildman–Crippen MR) is 90.7 cm³/mol. The van der Waals surface area contributed by atoms with Gasteiger partial charge in [0.25, 0.3) is 0 Å². The molecule has 5 nitrogen and oxygen atoms in total. The van der Waals surface area contributed by atoms with E-state index in [1.54, 1.807) is 32.1 Å². The molecule has 0 atom stereocenters. The minimum atomic E-state index is -0.424. The van der Waals surface area contributed by atoms with Gasteiger partial charge in [-0.25, -0.2) is 4.79 Å². The molecule has 0 radical (unpaired) electrons. The molecular weight excluding hydrogens is 314 g/mol. The summed E-state index contributed by atoms with van der Waals surface area (Å²) in [5.74, 6) is -0.174. The number of rotatable bonds is 5. The highest BCUT2D eigenvalue weighted by atomic mass is 32.1. The van der Waals surface area contributed by atoms with Gasteiger partial charge in [-0.2, -0.15) is 0 Å². The number of thiophene rings is 1. The van der Waals surface area contributed by atoms with Gasteiger partial charge in [-0.1, -0.05) is 0 Å². The Balaban J connectivity index is 2.17. The summed E-state index contributed by atoms with van der Waals surface area (Å²) in [6.07, 6.45) is 4.24. The van der Waals surface area contributed by atoms with Crippen LogP contribution in [0.4, 0.5) is 5.00 Å². The van der Waals surface area contributed by atoms with Crippen molar-refractivity contribution >= 4 is 34.3 Å². The lowest BCUT2D eigenvalue weighted by atomic mass is 10.1. The number of anilines is 1. The van der Waals surface area contributed by atoms with E-state index in [0.717, 1.165) is 10.4 Å². The molecule has 0 aliphatic carbocycles. The Labute approximate surface area is 139 Å². The third-order valence-corrected chi connectivity index (χ3v) is 4.23. The topological polar surface area (TPSA) is 68.5 Å². The second kappa shape index (κ2) is 7.28. The number of aryl methyl sites for hydroxylation is 1. The first-order valence-corrected chi connectivity index (χ1v) is 8.03. The molecule has 1 N–H and O–H groups in total. The zero-order chi connectivity index (χ0) is 17.0. The molecule has 2 aromatic heterocycles. The van der Waals surface area contributed by atoms with Crippen molar-refractivity contribution in [1.29, 1.82) is 0 Å². The molecule has 0 aromatic carbocycles. The highest BCUT2D eigenvalue weighted by molar-refractivity contribution is 7.16. The summed E-state index contributed by atoms with van der Waals surface area (Å²) in [4.78, 5) is 25.2. The lowest BCUT2D eigenvalue weighted by molar-refractivity contribution is -0.111. The number of hydrogen-bond donors (Lipinski definition) is 1. The van der Waals surface area contributed by atoms with E-state index in [1.807, 2.05) is 13.8 Å². The van der Waals surface area contributed by atoms with E-state index in [4.69, 9.17) is 9.15 Å². The molecule has 0 unspecified atom stereocenters. The van der Waals surface area contributed by atoms with Crippen LogP contribution in [0, 0.1) is 13.8 Å². The van der Waals surface area contributed by atoms with E-state index in [-0.39, 0.29) is 12.0 Å². The molecule has 6 heteroatoms. The van der Waals surface area contributed by atoms with Gasteiger partial charge in [0.2, 0.25) is 5.91 Å². The van der Waals surface area contributed by atoms with Crippen molar-refractivity contribution in [3.8, 4) is 0 Å². The van der Waals surface area contributed by atoms with Crippen molar-refractivity contribution in [3.63, 3.8) is 0 Å². The first-order chi connectivity index (χ1) is 10.9. The van der Waals surface area contributed by atoms with E-state index in [0.29, 0.717) is 16.3 Å². The van der Waals surface area contributed by atoms with Gasteiger partial charge in [0.1, 0.15) is 10.8 Å². The zero-order valence-corrected chi connectivity index (χ0v) is 14.3. The summed E-state index contributed by atoms with van der Waals surface area (Å²) in [5.41, 5.74) is 1.24. The highest BCUT2D eigenvalue weighted by Crippen LogP contribution is 2.33. The minimum absolute atomic E-state index is 0.218. The van der Waals surface area contributed by atoms with E-state index >= 15 is 0 Å². The SMILES string of the molecule is Cc1sc(NC(=O)/C=C/c2ccco2)c(C(=O)OC(C)C)c1C. The molecule has 122 valence electrons. The Hall–Kier alpha value is -2.34. The third kappa shape index (κ3) is 4.32. The van der Waals surface area contributed by atoms with Gasteiger partial charge in [-0.3, -0.25) is 4.79 Å². The number of hydrogen-bond acceptors (Lipinski definition) is 5. The molecule has 2 heterocycles. The van der Waals surface area contributed by atoms with Crippen LogP contribution in [-0.2, 0) is 9.53 Å². The zero-order valence-electron chi connectivity index (χ0n) is 13.5. The van der Waals surface area contributed by atoms with Crippen molar-refractivity contribution in [2.24, 2.45) is 0 Å². The maximum Gasteiger partial charge on any atom is 0.341 e. The van der Waals surface area contributed by atoms with Crippen LogP contribution in [0.25, 0.3) is 6.08 Å². The first kappa shape index (κ1) is 17.0. The first-order valence-electron chi connectivity index (χ1n) is 7.22. The summed E-state index contributed by atoms with van der Waals surface area (Å²) in [6.45, 7) is 7.32. The maximum atomic E-state index is 12.2. The van der Waals surface area contributed by atoms with E-state index < -0.39 is 5.97 Å². The molecule has 2 rings (SSSR count). The predicted octanol–water partition coefficient (Wildman–Crippen LogP) is 4.18. The van der Waals surface area contributed by atoms with Gasteiger partial charge < -0.3 is 14.5 Å². The van der Waals surface area contributed by atoms with Gasteiger partial charge in [0.15, 0.2) is 0 Å². The largest absolute Gasteiger partial charge is 0.465 e. The van der Waals surface area contributed by atoms with Crippen LogP contribution in [-0.4, -0.2) is 18.0 Å². The number of amides is 1. The van der Waals surface area contributed by atoms with E-state index in [9.17, 15) is 9.59 Å². The summed E-state index contributed by atoms with van der Waals surface area (Å²) in [5, 5.41) is 3.24. The maximum absolute atomic E-state index is 12.2. The molecule has 0 fully saturated rings. The monoisotopic (exact) mass is 333 g/mol. The van der Waals surface area contributed by atoms with Crippen molar-refractivity contribution in [3.05, 3.63) is 46.2 Å². The van der Waals surface area contributed by atoms with E-state index in [2.05, 4.69) is 5.32 Å². The van der Waals surface area contributed by atoms with Crippen LogP contribution in [0.3, 0.4) is 0 Å². The van der Waals surface area contributed by atoms with Crippen LogP contribution in [0.5, 0.6) is 0 Å². The Morgan fingerprint density at radius 2 is 2.09 bits per heavy atom. The average Bonchev–Trinajstić information content (AvgIpc) is 3.05. The van der Waals surface area contributed by atoms with Gasteiger partial charge >= 0.3 is 5.97 Å². The molecule has 0 saturated carbocycles. The highest BCUT2D eigenvalue weighted by Gasteiger charge is 2.22. The average molecular weight is 333 g/mol. The quantitative estimate of drug-likeness (QED) is 0.658. The van der Waals surface area contributed by atoms with Crippen LogP contribution >= 0.6 is 11.3 Å². The van der Waals surface area contributed by atoms with Crippen LogP contribution < -0.4 is 5.32 Å². The van der Waals surface area contributed by atoms with Gasteiger partial charge in [-0.05, 0) is 51.5 Å². The smallest absolute Gasteiger partial charge is 0.341 e. The molecule has 0 spiro atoms. The lowest BCUT2D eigenvalue weighted by Gasteiger charge is -2.09. The van der Waals surface area contributed by atoms with Gasteiger partial charge in [0.05, 0.1) is 17.9 Å². The molecule has 0 saturated heterocycles. The minimum Gasteiger partial charge on any atom is -0.465 e. The van der Waals surface area contributed by atoms with Crippen LogP contribution in [0.2, 0.25) is 0 Å². The fourth-order valence-electron chi connectivity index (χ4n) is 1.93. The molecule has 1 amide bonds. The summed E-state index contributed by atoms with van der Waals surface area (Å²) >= 11 is 1.36. The van der Waals surface area contributed by atoms with E-state index in [1.165, 1.54) is 23.7 Å². The van der Waals surface area contributed by atoms with Gasteiger partial charge in [-0.15, -0.1) is 11.3 Å². The van der Waals surface area contributed by atoms with Crippen LogP contribution in [0.1, 0.15) is 40.4 Å². The fourth-order valence-corrected chi connectivity index (χ4v) is 2.98.